The molecule has 1 aromatic rings. The van der Waals surface area contributed by atoms with Gasteiger partial charge in [-0.2, -0.15) is 0 Å². The molecule has 0 spiro atoms. The molecule has 18 heavy (non-hydrogen) atoms. The van der Waals surface area contributed by atoms with Crippen LogP contribution in [0, 0.1) is 0 Å². The first-order valence-corrected chi connectivity index (χ1v) is 8.71. The fourth-order valence-corrected chi connectivity index (χ4v) is 3.72. The highest BCUT2D eigenvalue weighted by molar-refractivity contribution is 9.10. The van der Waals surface area contributed by atoms with E-state index in [1.54, 1.807) is 0 Å². The van der Waals surface area contributed by atoms with Crippen molar-refractivity contribution in [3.05, 3.63) is 20.8 Å². The molecule has 0 saturated carbocycles. The monoisotopic (exact) mass is 395 g/mol. The van der Waals surface area contributed by atoms with Crippen LogP contribution in [0.25, 0.3) is 0 Å². The molecule has 2 heterocycles. The third kappa shape index (κ3) is 3.56. The third-order valence-corrected chi connectivity index (χ3v) is 5.12. The molecule has 6 heteroatoms. The molecule has 0 unspecified atom stereocenters. The second-order valence-electron chi connectivity index (χ2n) is 4.15. The first-order chi connectivity index (χ1) is 8.72. The quantitative estimate of drug-likeness (QED) is 0.728. The molecule has 0 N–H and O–H groups in total. The summed E-state index contributed by atoms with van der Waals surface area (Å²) >= 11 is 8.26. The predicted octanol–water partition coefficient (Wildman–Crippen LogP) is 3.53. The van der Waals surface area contributed by atoms with Crippen molar-refractivity contribution >= 4 is 49.1 Å². The highest BCUT2D eigenvalue weighted by atomic mass is 79.9. The van der Waals surface area contributed by atoms with E-state index in [9.17, 15) is 4.79 Å². The van der Waals surface area contributed by atoms with Crippen LogP contribution in [0.15, 0.2) is 15.9 Å². The number of amides is 1. The first kappa shape index (κ1) is 14.5. The average molecular weight is 397 g/mol. The number of alkyl halides is 1. The van der Waals surface area contributed by atoms with Crippen LogP contribution in [0.4, 0.5) is 0 Å². The predicted molar refractivity (Wildman–Crippen MR) is 80.7 cm³/mol. The second kappa shape index (κ2) is 7.03. The topological polar surface area (TPSA) is 29.5 Å². The average Bonchev–Trinajstić information content (AvgIpc) is 2.82. The maximum atomic E-state index is 12.3. The van der Waals surface area contributed by atoms with Gasteiger partial charge in [-0.3, -0.25) is 4.79 Å². The standard InChI is InChI=1S/C12H15Br2NO2S/c13-4-7-17-9-1-5-15(6-2-9)12(16)11-10(14)3-8-18-11/h3,8-9H,1-2,4-7H2. The van der Waals surface area contributed by atoms with Gasteiger partial charge >= 0.3 is 0 Å². The van der Waals surface area contributed by atoms with Crippen LogP contribution in [0.1, 0.15) is 22.5 Å². The summed E-state index contributed by atoms with van der Waals surface area (Å²) < 4.78 is 6.58. The van der Waals surface area contributed by atoms with Crippen LogP contribution in [-0.4, -0.2) is 41.9 Å². The van der Waals surface area contributed by atoms with Gasteiger partial charge in [0.1, 0.15) is 4.88 Å². The van der Waals surface area contributed by atoms with Crippen molar-refractivity contribution in [2.75, 3.05) is 25.0 Å². The van der Waals surface area contributed by atoms with E-state index in [2.05, 4.69) is 31.9 Å². The van der Waals surface area contributed by atoms with Crippen LogP contribution in [-0.2, 0) is 4.74 Å². The SMILES string of the molecule is O=C(c1sccc1Br)N1CCC(OCCBr)CC1. The Morgan fingerprint density at radius 3 is 2.78 bits per heavy atom. The summed E-state index contributed by atoms with van der Waals surface area (Å²) in [4.78, 5) is 15.0. The molecular formula is C12H15Br2NO2S. The Morgan fingerprint density at radius 2 is 2.22 bits per heavy atom. The lowest BCUT2D eigenvalue weighted by Crippen LogP contribution is -2.40. The van der Waals surface area contributed by atoms with E-state index in [0.717, 1.165) is 47.2 Å². The van der Waals surface area contributed by atoms with E-state index in [-0.39, 0.29) is 5.91 Å². The normalized spacial score (nSPS) is 17.1. The molecule has 0 aromatic carbocycles. The number of carbonyl (C=O) groups excluding carboxylic acids is 1. The lowest BCUT2D eigenvalue weighted by Gasteiger charge is -2.31. The molecule has 1 aliphatic heterocycles. The van der Waals surface area contributed by atoms with Crippen molar-refractivity contribution in [3.8, 4) is 0 Å². The van der Waals surface area contributed by atoms with Gasteiger partial charge in [-0.05, 0) is 40.2 Å². The zero-order valence-electron chi connectivity index (χ0n) is 9.90. The zero-order chi connectivity index (χ0) is 13.0. The van der Waals surface area contributed by atoms with Gasteiger partial charge in [0.25, 0.3) is 5.91 Å². The van der Waals surface area contributed by atoms with Crippen molar-refractivity contribution < 1.29 is 9.53 Å². The third-order valence-electron chi connectivity index (χ3n) is 2.97. The fourth-order valence-electron chi connectivity index (χ4n) is 2.03. The van der Waals surface area contributed by atoms with Crippen LogP contribution < -0.4 is 0 Å². The van der Waals surface area contributed by atoms with Gasteiger partial charge in [0.2, 0.25) is 0 Å². The van der Waals surface area contributed by atoms with Gasteiger partial charge in [0, 0.05) is 22.9 Å². The molecule has 2 rings (SSSR count). The highest BCUT2D eigenvalue weighted by Gasteiger charge is 2.25. The number of hydrogen-bond donors (Lipinski definition) is 0. The Morgan fingerprint density at radius 1 is 1.50 bits per heavy atom. The molecule has 1 saturated heterocycles. The van der Waals surface area contributed by atoms with Gasteiger partial charge in [-0.1, -0.05) is 15.9 Å². The summed E-state index contributed by atoms with van der Waals surface area (Å²) in [5.74, 6) is 0.135. The van der Waals surface area contributed by atoms with Crippen molar-refractivity contribution in [3.63, 3.8) is 0 Å². The van der Waals surface area contributed by atoms with E-state index < -0.39 is 0 Å². The minimum atomic E-state index is 0.135. The fraction of sp³-hybridized carbons (Fsp3) is 0.583. The van der Waals surface area contributed by atoms with Gasteiger partial charge in [0.05, 0.1) is 12.7 Å². The summed E-state index contributed by atoms with van der Waals surface area (Å²) in [6, 6.07) is 1.92. The number of ether oxygens (including phenoxy) is 1. The van der Waals surface area contributed by atoms with Crippen molar-refractivity contribution in [1.82, 2.24) is 4.90 Å². The Labute approximate surface area is 128 Å². The number of hydrogen-bond acceptors (Lipinski definition) is 3. The molecule has 3 nitrogen and oxygen atoms in total. The Balaban J connectivity index is 1.86. The van der Waals surface area contributed by atoms with E-state index in [4.69, 9.17) is 4.74 Å². The molecule has 1 fully saturated rings. The largest absolute Gasteiger partial charge is 0.377 e. The molecule has 0 atom stereocenters. The van der Waals surface area contributed by atoms with Crippen LogP contribution >= 0.6 is 43.2 Å². The van der Waals surface area contributed by atoms with Crippen molar-refractivity contribution in [1.29, 1.82) is 0 Å². The molecule has 0 radical (unpaired) electrons. The smallest absolute Gasteiger partial charge is 0.265 e. The number of likely N-dealkylation sites (tertiary alicyclic amines) is 1. The molecule has 1 aliphatic rings. The summed E-state index contributed by atoms with van der Waals surface area (Å²) in [5, 5.41) is 2.80. The Kier molecular flexibility index (Phi) is 5.66. The number of piperidine rings is 1. The van der Waals surface area contributed by atoms with E-state index in [0.29, 0.717) is 6.10 Å². The Bertz CT molecular complexity index is 403. The van der Waals surface area contributed by atoms with E-state index in [1.807, 2.05) is 16.3 Å². The summed E-state index contributed by atoms with van der Waals surface area (Å²) in [7, 11) is 0. The van der Waals surface area contributed by atoms with Gasteiger partial charge in [0.15, 0.2) is 0 Å². The van der Waals surface area contributed by atoms with Crippen LogP contribution in [0.2, 0.25) is 0 Å². The number of halogens is 2. The minimum Gasteiger partial charge on any atom is -0.377 e. The number of nitrogens with zero attached hydrogens (tertiary/aromatic N) is 1. The van der Waals surface area contributed by atoms with Gasteiger partial charge < -0.3 is 9.64 Å². The molecule has 100 valence electrons. The highest BCUT2D eigenvalue weighted by Crippen LogP contribution is 2.25. The van der Waals surface area contributed by atoms with E-state index >= 15 is 0 Å². The van der Waals surface area contributed by atoms with E-state index in [1.165, 1.54) is 11.3 Å². The maximum absolute atomic E-state index is 12.3. The minimum absolute atomic E-state index is 0.135. The van der Waals surface area contributed by atoms with Crippen molar-refractivity contribution in [2.24, 2.45) is 0 Å². The van der Waals surface area contributed by atoms with Crippen LogP contribution in [0.3, 0.4) is 0 Å². The number of thiophene rings is 1. The lowest BCUT2D eigenvalue weighted by atomic mass is 10.1. The molecule has 1 aromatic heterocycles. The van der Waals surface area contributed by atoms with Crippen LogP contribution in [0.5, 0.6) is 0 Å². The molecular weight excluding hydrogens is 382 g/mol. The summed E-state index contributed by atoms with van der Waals surface area (Å²) in [6.07, 6.45) is 2.17. The molecule has 1 amide bonds. The van der Waals surface area contributed by atoms with Crippen molar-refractivity contribution in [2.45, 2.75) is 18.9 Å². The lowest BCUT2D eigenvalue weighted by molar-refractivity contribution is 0.0161. The Hall–Kier alpha value is 0.0900. The molecule has 0 bridgehead atoms. The van der Waals surface area contributed by atoms with Gasteiger partial charge in [-0.15, -0.1) is 11.3 Å². The molecule has 0 aliphatic carbocycles. The summed E-state index contributed by atoms with van der Waals surface area (Å²) in [6.45, 7) is 2.32. The summed E-state index contributed by atoms with van der Waals surface area (Å²) in [5.41, 5.74) is 0. The number of rotatable bonds is 4. The second-order valence-corrected chi connectivity index (χ2v) is 6.71. The van der Waals surface area contributed by atoms with Gasteiger partial charge in [-0.25, -0.2) is 0 Å². The number of carbonyl (C=O) groups is 1. The zero-order valence-corrected chi connectivity index (χ0v) is 13.9. The maximum Gasteiger partial charge on any atom is 0.265 e. The first-order valence-electron chi connectivity index (χ1n) is 5.92.